The number of nitrogens with one attached hydrogen (secondary N) is 2. The van der Waals surface area contributed by atoms with Crippen LogP contribution in [0, 0.1) is 0 Å². The third-order valence-corrected chi connectivity index (χ3v) is 4.32. The quantitative estimate of drug-likeness (QED) is 0.730. The van der Waals surface area contributed by atoms with Crippen molar-refractivity contribution in [2.24, 2.45) is 0 Å². The molecule has 0 bridgehead atoms. The first-order valence-electron chi connectivity index (χ1n) is 6.21. The van der Waals surface area contributed by atoms with E-state index in [1.807, 2.05) is 0 Å². The van der Waals surface area contributed by atoms with Gasteiger partial charge >= 0.3 is 0 Å². The van der Waals surface area contributed by atoms with Gasteiger partial charge in [-0.3, -0.25) is 9.59 Å². The van der Waals surface area contributed by atoms with Crippen LogP contribution in [-0.2, 0) is 0 Å². The number of carbonyl (C=O) groups excluding carboxylic acids is 1. The van der Waals surface area contributed by atoms with Gasteiger partial charge in [-0.15, -0.1) is 5.10 Å². The summed E-state index contributed by atoms with van der Waals surface area (Å²) in [7, 11) is 1.46. The fourth-order valence-electron chi connectivity index (χ4n) is 1.91. The first-order valence-corrected chi connectivity index (χ1v) is 7.74. The summed E-state index contributed by atoms with van der Waals surface area (Å²) in [5.74, 6) is -0.460. The van der Waals surface area contributed by atoms with Gasteiger partial charge in [-0.05, 0) is 23.7 Å². The molecule has 118 valence electrons. The van der Waals surface area contributed by atoms with E-state index in [-0.39, 0.29) is 32.0 Å². The molecule has 0 fully saturated rings. The van der Waals surface area contributed by atoms with Crippen molar-refractivity contribution >= 4 is 40.6 Å². The number of rotatable bonds is 3. The number of amides is 1. The van der Waals surface area contributed by atoms with Gasteiger partial charge in [0, 0.05) is 7.05 Å². The maximum absolute atomic E-state index is 12.6. The molecule has 8 nitrogen and oxygen atoms in total. The van der Waals surface area contributed by atoms with Crippen molar-refractivity contribution in [3.05, 3.63) is 44.3 Å². The van der Waals surface area contributed by atoms with Crippen molar-refractivity contribution in [2.45, 2.75) is 0 Å². The van der Waals surface area contributed by atoms with Crippen LogP contribution in [0.1, 0.15) is 10.5 Å². The van der Waals surface area contributed by atoms with Crippen LogP contribution in [0.5, 0.6) is 0 Å². The van der Waals surface area contributed by atoms with E-state index in [1.165, 1.54) is 7.05 Å². The van der Waals surface area contributed by atoms with Crippen molar-refractivity contribution in [2.75, 3.05) is 7.05 Å². The summed E-state index contributed by atoms with van der Waals surface area (Å²) < 4.78 is 4.81. The number of H-pyrrole nitrogens is 1. The number of benzene rings is 1. The first-order chi connectivity index (χ1) is 11.0. The second-order valence-corrected chi connectivity index (χ2v) is 5.87. The summed E-state index contributed by atoms with van der Waals surface area (Å²) in [6.07, 6.45) is 0. The van der Waals surface area contributed by atoms with E-state index in [1.54, 1.807) is 18.2 Å². The van der Waals surface area contributed by atoms with E-state index in [2.05, 4.69) is 25.2 Å². The molecule has 1 aromatic carbocycles. The molecule has 3 rings (SSSR count). The van der Waals surface area contributed by atoms with Gasteiger partial charge in [0.2, 0.25) is 0 Å². The van der Waals surface area contributed by atoms with E-state index in [4.69, 9.17) is 23.2 Å². The number of aromatic nitrogens is 5. The summed E-state index contributed by atoms with van der Waals surface area (Å²) in [4.78, 5) is 24.6. The molecule has 23 heavy (non-hydrogen) atoms. The Kier molecular flexibility index (Phi) is 4.16. The highest BCUT2D eigenvalue weighted by atomic mass is 35.5. The zero-order valence-electron chi connectivity index (χ0n) is 11.5. The Labute approximate surface area is 143 Å². The molecule has 0 atom stereocenters. The van der Waals surface area contributed by atoms with Gasteiger partial charge in [-0.25, -0.2) is 5.21 Å². The second kappa shape index (κ2) is 6.11. The number of hydrogen-bond acceptors (Lipinski definition) is 6. The monoisotopic (exact) mass is 370 g/mol. The van der Waals surface area contributed by atoms with Gasteiger partial charge in [-0.2, -0.15) is 9.78 Å². The molecule has 0 radical (unpaired) electrons. The fourth-order valence-corrected chi connectivity index (χ4v) is 3.12. The lowest BCUT2D eigenvalue weighted by atomic mass is 10.3. The highest BCUT2D eigenvalue weighted by Gasteiger charge is 2.23. The Bertz CT molecular complexity index is 927. The average molecular weight is 371 g/mol. The van der Waals surface area contributed by atoms with E-state index in [0.29, 0.717) is 0 Å². The standard InChI is InChI=1S/C12H8Cl2N6O2S/c1-15-11(21)7-10(23-19-17-7)8-12(22)20(18-16-8)9-5(13)3-2-4-6(9)14/h2-4,18H,1H3,(H,15,21). The van der Waals surface area contributed by atoms with Gasteiger partial charge in [0.15, 0.2) is 11.4 Å². The van der Waals surface area contributed by atoms with E-state index in [9.17, 15) is 9.59 Å². The van der Waals surface area contributed by atoms with Gasteiger partial charge in [0.25, 0.3) is 11.5 Å². The molecule has 2 N–H and O–H groups in total. The molecule has 0 spiro atoms. The Hall–Kier alpha value is -2.23. The SMILES string of the molecule is CNC(=O)c1nnsc1-c1n[nH]n(-c2c(Cl)cccc2Cl)c1=O. The van der Waals surface area contributed by atoms with Crippen molar-refractivity contribution in [1.82, 2.24) is 29.9 Å². The molecule has 1 amide bonds. The van der Waals surface area contributed by atoms with E-state index >= 15 is 0 Å². The molecule has 0 saturated carbocycles. The minimum atomic E-state index is -0.517. The van der Waals surface area contributed by atoms with E-state index < -0.39 is 11.5 Å². The maximum Gasteiger partial charge on any atom is 0.300 e. The number of hydrogen-bond donors (Lipinski definition) is 2. The summed E-state index contributed by atoms with van der Waals surface area (Å²) in [5, 5.41) is 13.2. The Morgan fingerprint density at radius 3 is 2.70 bits per heavy atom. The van der Waals surface area contributed by atoms with Gasteiger partial charge in [0.1, 0.15) is 10.6 Å². The van der Waals surface area contributed by atoms with Gasteiger partial charge in [0.05, 0.1) is 10.0 Å². The number of halogens is 2. The molecule has 2 aromatic heterocycles. The predicted octanol–water partition coefficient (Wildman–Crippen LogP) is 1.75. The Morgan fingerprint density at radius 1 is 1.35 bits per heavy atom. The van der Waals surface area contributed by atoms with Crippen LogP contribution in [0.3, 0.4) is 0 Å². The van der Waals surface area contributed by atoms with Crippen molar-refractivity contribution in [1.29, 1.82) is 0 Å². The van der Waals surface area contributed by atoms with Crippen molar-refractivity contribution in [3.63, 3.8) is 0 Å². The molecule has 3 aromatic rings. The van der Waals surface area contributed by atoms with Crippen LogP contribution in [0.4, 0.5) is 0 Å². The third-order valence-electron chi connectivity index (χ3n) is 2.97. The summed E-state index contributed by atoms with van der Waals surface area (Å²) >= 11 is 13.1. The molecule has 0 unspecified atom stereocenters. The molecule has 0 aliphatic heterocycles. The normalized spacial score (nSPS) is 10.7. The highest BCUT2D eigenvalue weighted by molar-refractivity contribution is 7.09. The lowest BCUT2D eigenvalue weighted by molar-refractivity contribution is 0.0959. The van der Waals surface area contributed by atoms with Crippen LogP contribution in [0.25, 0.3) is 16.3 Å². The van der Waals surface area contributed by atoms with Gasteiger partial charge < -0.3 is 5.32 Å². The van der Waals surface area contributed by atoms with Gasteiger partial charge in [-0.1, -0.05) is 33.8 Å². The summed E-state index contributed by atoms with van der Waals surface area (Å²) in [6.45, 7) is 0. The molecular formula is C12H8Cl2N6O2S. The van der Waals surface area contributed by atoms with Crippen molar-refractivity contribution in [3.8, 4) is 16.3 Å². The summed E-state index contributed by atoms with van der Waals surface area (Å²) in [5.41, 5.74) is -0.206. The molecular weight excluding hydrogens is 363 g/mol. The summed E-state index contributed by atoms with van der Waals surface area (Å²) in [6, 6.07) is 4.85. The molecule has 11 heteroatoms. The molecule has 0 saturated heterocycles. The van der Waals surface area contributed by atoms with E-state index in [0.717, 1.165) is 16.2 Å². The molecule has 2 heterocycles. The van der Waals surface area contributed by atoms with Crippen LogP contribution >= 0.6 is 34.7 Å². The minimum Gasteiger partial charge on any atom is -0.354 e. The van der Waals surface area contributed by atoms with Crippen LogP contribution in [0.15, 0.2) is 23.0 Å². The van der Waals surface area contributed by atoms with Crippen molar-refractivity contribution < 1.29 is 4.79 Å². The van der Waals surface area contributed by atoms with Crippen LogP contribution < -0.4 is 10.9 Å². The Balaban J connectivity index is 2.17. The average Bonchev–Trinajstić information content (AvgIpc) is 3.14. The first kappa shape index (κ1) is 15.7. The predicted molar refractivity (Wildman–Crippen MR) is 86.5 cm³/mol. The highest BCUT2D eigenvalue weighted by Crippen LogP contribution is 2.28. The maximum atomic E-state index is 12.6. The van der Waals surface area contributed by atoms with Crippen LogP contribution in [-0.4, -0.2) is 37.5 Å². The largest absolute Gasteiger partial charge is 0.354 e. The molecule has 0 aliphatic carbocycles. The number of para-hydroxylation sites is 1. The topological polar surface area (TPSA) is 106 Å². The smallest absolute Gasteiger partial charge is 0.300 e. The molecule has 0 aliphatic rings. The zero-order chi connectivity index (χ0) is 16.6. The number of carbonyl (C=O) groups is 1. The number of aromatic amines is 1. The third kappa shape index (κ3) is 2.62. The zero-order valence-corrected chi connectivity index (χ0v) is 13.8. The lowest BCUT2D eigenvalue weighted by Crippen LogP contribution is -2.20. The Morgan fingerprint density at radius 2 is 2.04 bits per heavy atom. The number of nitrogens with zero attached hydrogens (tertiary/aromatic N) is 4. The second-order valence-electron chi connectivity index (χ2n) is 4.30. The minimum absolute atomic E-state index is 0.00888. The van der Waals surface area contributed by atoms with Crippen LogP contribution in [0.2, 0.25) is 10.0 Å². The lowest BCUT2D eigenvalue weighted by Gasteiger charge is -2.05. The fraction of sp³-hybridized carbons (Fsp3) is 0.0833.